The number of halogens is 1. The summed E-state index contributed by atoms with van der Waals surface area (Å²) in [7, 11) is 0. The largest absolute Gasteiger partial charge is 0.300 e. The van der Waals surface area contributed by atoms with Gasteiger partial charge in [-0.15, -0.1) is 12.4 Å². The van der Waals surface area contributed by atoms with Gasteiger partial charge in [-0.2, -0.15) is 0 Å². The summed E-state index contributed by atoms with van der Waals surface area (Å²) < 4.78 is 0. The van der Waals surface area contributed by atoms with E-state index in [4.69, 9.17) is 0 Å². The minimum atomic E-state index is -0.375. The van der Waals surface area contributed by atoms with Crippen molar-refractivity contribution in [1.82, 2.24) is 4.90 Å². The van der Waals surface area contributed by atoms with Crippen LogP contribution in [0.15, 0.2) is 36.4 Å². The quantitative estimate of drug-likeness (QED) is 0.438. The fraction of sp³-hybridized carbons (Fsp3) is 0.429. The Bertz CT molecular complexity index is 400. The number of nitro benzene ring substituents is 1. The highest BCUT2D eigenvalue weighted by atomic mass is 35.5. The third kappa shape index (κ3) is 6.36. The molecule has 1 aromatic rings. The van der Waals surface area contributed by atoms with Gasteiger partial charge in [0.2, 0.25) is 0 Å². The van der Waals surface area contributed by atoms with E-state index < -0.39 is 0 Å². The van der Waals surface area contributed by atoms with Crippen molar-refractivity contribution in [3.05, 3.63) is 52.1 Å². The maximum Gasteiger partial charge on any atom is 0.269 e. The lowest BCUT2D eigenvalue weighted by Crippen LogP contribution is -2.22. The zero-order chi connectivity index (χ0) is 13.4. The highest BCUT2D eigenvalue weighted by Gasteiger charge is 2.02. The van der Waals surface area contributed by atoms with Crippen LogP contribution in [0.5, 0.6) is 0 Å². The SMILES string of the molecule is CCN(CC)C/C=C\Cc1ccc([N+](=O)[O-])cc1.Cl. The third-order valence-corrected chi connectivity index (χ3v) is 2.93. The summed E-state index contributed by atoms with van der Waals surface area (Å²) in [5.74, 6) is 0. The Balaban J connectivity index is 0.00000324. The first-order valence-electron chi connectivity index (χ1n) is 6.28. The van der Waals surface area contributed by atoms with Gasteiger partial charge in [-0.05, 0) is 25.1 Å². The van der Waals surface area contributed by atoms with E-state index in [1.54, 1.807) is 24.3 Å². The lowest BCUT2D eigenvalue weighted by Gasteiger charge is -2.14. The Labute approximate surface area is 120 Å². The van der Waals surface area contributed by atoms with Crippen LogP contribution in [-0.4, -0.2) is 29.5 Å². The number of likely N-dealkylation sites (N-methyl/N-ethyl adjacent to an activating group) is 1. The lowest BCUT2D eigenvalue weighted by molar-refractivity contribution is -0.384. The normalized spacial score (nSPS) is 10.7. The van der Waals surface area contributed by atoms with E-state index in [2.05, 4.69) is 30.9 Å². The number of rotatable bonds is 7. The first-order valence-corrected chi connectivity index (χ1v) is 6.28. The number of allylic oxidation sites excluding steroid dienone is 1. The average molecular weight is 285 g/mol. The minimum Gasteiger partial charge on any atom is -0.300 e. The molecular formula is C14H21ClN2O2. The molecule has 0 aliphatic carbocycles. The number of nitro groups is 1. The maximum atomic E-state index is 10.5. The molecule has 0 spiro atoms. The second-order valence-electron chi connectivity index (χ2n) is 4.08. The predicted octanol–water partition coefficient (Wildman–Crippen LogP) is 3.46. The molecule has 1 rings (SSSR count). The third-order valence-electron chi connectivity index (χ3n) is 2.93. The summed E-state index contributed by atoms with van der Waals surface area (Å²) in [6.07, 6.45) is 5.08. The van der Waals surface area contributed by atoms with Crippen LogP contribution in [0.2, 0.25) is 0 Å². The molecule has 0 aromatic heterocycles. The molecule has 0 radical (unpaired) electrons. The Morgan fingerprint density at radius 1 is 1.16 bits per heavy atom. The topological polar surface area (TPSA) is 46.4 Å². The van der Waals surface area contributed by atoms with E-state index in [1.165, 1.54) is 0 Å². The molecule has 5 heteroatoms. The molecule has 0 heterocycles. The van der Waals surface area contributed by atoms with Gasteiger partial charge in [-0.3, -0.25) is 10.1 Å². The molecule has 19 heavy (non-hydrogen) atoms. The van der Waals surface area contributed by atoms with Crippen LogP contribution in [0, 0.1) is 10.1 Å². The van der Waals surface area contributed by atoms with Crippen LogP contribution in [-0.2, 0) is 6.42 Å². The first kappa shape index (κ1) is 17.6. The summed E-state index contributed by atoms with van der Waals surface area (Å²) >= 11 is 0. The van der Waals surface area contributed by atoms with Crippen molar-refractivity contribution in [3.63, 3.8) is 0 Å². The molecule has 0 aliphatic rings. The summed E-state index contributed by atoms with van der Waals surface area (Å²) in [6.45, 7) is 7.36. The summed E-state index contributed by atoms with van der Waals surface area (Å²) in [5.41, 5.74) is 1.24. The van der Waals surface area contributed by atoms with Crippen LogP contribution in [0.3, 0.4) is 0 Å². The molecule has 106 valence electrons. The average Bonchev–Trinajstić information content (AvgIpc) is 2.39. The molecule has 0 saturated heterocycles. The molecule has 0 aliphatic heterocycles. The van der Waals surface area contributed by atoms with Gasteiger partial charge in [0.1, 0.15) is 0 Å². The van der Waals surface area contributed by atoms with Crippen molar-refractivity contribution in [2.45, 2.75) is 20.3 Å². The fourth-order valence-electron chi connectivity index (χ4n) is 1.68. The van der Waals surface area contributed by atoms with Gasteiger partial charge in [0.15, 0.2) is 0 Å². The van der Waals surface area contributed by atoms with Crippen molar-refractivity contribution >= 4 is 18.1 Å². The van der Waals surface area contributed by atoms with Gasteiger partial charge in [0.25, 0.3) is 5.69 Å². The zero-order valence-electron chi connectivity index (χ0n) is 11.4. The predicted molar refractivity (Wildman–Crippen MR) is 81.0 cm³/mol. The summed E-state index contributed by atoms with van der Waals surface area (Å²) in [5, 5.41) is 10.5. The maximum absolute atomic E-state index is 10.5. The van der Waals surface area contributed by atoms with Crippen molar-refractivity contribution in [2.75, 3.05) is 19.6 Å². The Morgan fingerprint density at radius 2 is 1.74 bits per heavy atom. The molecule has 0 unspecified atom stereocenters. The molecule has 0 atom stereocenters. The summed E-state index contributed by atoms with van der Waals surface area (Å²) in [4.78, 5) is 12.5. The standard InChI is InChI=1S/C14H20N2O2.ClH/c1-3-15(4-2)12-6-5-7-13-8-10-14(11-9-13)16(17)18;/h5-6,8-11H,3-4,7,12H2,1-2H3;1H/b6-5-;. The van der Waals surface area contributed by atoms with Crippen molar-refractivity contribution in [1.29, 1.82) is 0 Å². The number of hydrogen-bond acceptors (Lipinski definition) is 3. The van der Waals surface area contributed by atoms with Gasteiger partial charge in [-0.1, -0.05) is 38.1 Å². The van der Waals surface area contributed by atoms with E-state index in [1.807, 2.05) is 0 Å². The van der Waals surface area contributed by atoms with Crippen LogP contribution < -0.4 is 0 Å². The number of nitrogens with zero attached hydrogens (tertiary/aromatic N) is 2. The molecule has 0 amide bonds. The van der Waals surface area contributed by atoms with E-state index in [0.717, 1.165) is 31.6 Å². The van der Waals surface area contributed by atoms with Gasteiger partial charge in [0, 0.05) is 18.7 Å². The van der Waals surface area contributed by atoms with Gasteiger partial charge < -0.3 is 4.90 Å². The highest BCUT2D eigenvalue weighted by molar-refractivity contribution is 5.85. The summed E-state index contributed by atoms with van der Waals surface area (Å²) in [6, 6.07) is 6.71. The minimum absolute atomic E-state index is 0. The number of hydrogen-bond donors (Lipinski definition) is 0. The molecule has 4 nitrogen and oxygen atoms in total. The fourth-order valence-corrected chi connectivity index (χ4v) is 1.68. The number of benzene rings is 1. The zero-order valence-corrected chi connectivity index (χ0v) is 12.2. The first-order chi connectivity index (χ1) is 8.67. The van der Waals surface area contributed by atoms with Gasteiger partial charge >= 0.3 is 0 Å². The lowest BCUT2D eigenvalue weighted by atomic mass is 10.1. The van der Waals surface area contributed by atoms with Crippen LogP contribution in [0.1, 0.15) is 19.4 Å². The second kappa shape index (κ2) is 9.53. The Kier molecular flexibility index (Phi) is 8.83. The van der Waals surface area contributed by atoms with E-state index in [0.29, 0.717) is 0 Å². The van der Waals surface area contributed by atoms with E-state index >= 15 is 0 Å². The Morgan fingerprint density at radius 3 is 2.21 bits per heavy atom. The second-order valence-corrected chi connectivity index (χ2v) is 4.08. The molecule has 0 fully saturated rings. The molecule has 0 saturated carbocycles. The smallest absolute Gasteiger partial charge is 0.269 e. The highest BCUT2D eigenvalue weighted by Crippen LogP contribution is 2.12. The van der Waals surface area contributed by atoms with Crippen LogP contribution >= 0.6 is 12.4 Å². The molecular weight excluding hydrogens is 264 g/mol. The Hall–Kier alpha value is -1.39. The monoisotopic (exact) mass is 284 g/mol. The van der Waals surface area contributed by atoms with Gasteiger partial charge in [0.05, 0.1) is 4.92 Å². The number of non-ortho nitro benzene ring substituents is 1. The molecule has 0 bridgehead atoms. The van der Waals surface area contributed by atoms with E-state index in [9.17, 15) is 10.1 Å². The van der Waals surface area contributed by atoms with Crippen molar-refractivity contribution < 1.29 is 4.92 Å². The van der Waals surface area contributed by atoms with E-state index in [-0.39, 0.29) is 23.0 Å². The van der Waals surface area contributed by atoms with Crippen molar-refractivity contribution in [2.24, 2.45) is 0 Å². The van der Waals surface area contributed by atoms with Crippen molar-refractivity contribution in [3.8, 4) is 0 Å². The molecule has 1 aromatic carbocycles. The van der Waals surface area contributed by atoms with Gasteiger partial charge in [-0.25, -0.2) is 0 Å². The van der Waals surface area contributed by atoms with Crippen LogP contribution in [0.4, 0.5) is 5.69 Å². The molecule has 0 N–H and O–H groups in total. The van der Waals surface area contributed by atoms with Crippen LogP contribution in [0.25, 0.3) is 0 Å².